The van der Waals surface area contributed by atoms with Crippen molar-refractivity contribution in [2.24, 2.45) is 0 Å². The smallest absolute Gasteiger partial charge is 0.347 e. The van der Waals surface area contributed by atoms with Crippen molar-refractivity contribution in [3.63, 3.8) is 0 Å². The zero-order chi connectivity index (χ0) is 13.2. The molecule has 0 aliphatic carbocycles. The molecule has 0 saturated carbocycles. The van der Waals surface area contributed by atoms with Crippen molar-refractivity contribution in [3.8, 4) is 10.8 Å². The number of thiazole rings is 2. The van der Waals surface area contributed by atoms with Crippen molar-refractivity contribution in [1.29, 1.82) is 0 Å². The molecule has 3 aromatic heterocycles. The zero-order valence-electron chi connectivity index (χ0n) is 8.97. The molecular formula is C8H4N6O2S3. The Morgan fingerprint density at radius 2 is 2.21 bits per heavy atom. The Hall–Kier alpha value is -1.85. The van der Waals surface area contributed by atoms with Gasteiger partial charge in [-0.05, 0) is 22.2 Å². The van der Waals surface area contributed by atoms with Crippen LogP contribution in [-0.4, -0.2) is 41.7 Å². The van der Waals surface area contributed by atoms with Crippen molar-refractivity contribution in [2.45, 2.75) is 8.55 Å². The minimum Gasteiger partial charge on any atom is -0.477 e. The Morgan fingerprint density at radius 1 is 1.32 bits per heavy atom. The number of nitrogens with one attached hydrogen (secondary N) is 1. The average molecular weight is 312 g/mol. The Balaban J connectivity index is 1.78. The van der Waals surface area contributed by atoms with E-state index in [0.29, 0.717) is 15.2 Å². The van der Waals surface area contributed by atoms with Gasteiger partial charge >= 0.3 is 5.97 Å². The van der Waals surface area contributed by atoms with Gasteiger partial charge in [-0.3, -0.25) is 0 Å². The highest BCUT2D eigenvalue weighted by Crippen LogP contribution is 2.36. The predicted molar refractivity (Wildman–Crippen MR) is 68.5 cm³/mol. The summed E-state index contributed by atoms with van der Waals surface area (Å²) in [5.41, 5.74) is 0. The summed E-state index contributed by atoms with van der Waals surface area (Å²) in [6.45, 7) is 0. The van der Waals surface area contributed by atoms with E-state index in [1.807, 2.05) is 0 Å². The topological polar surface area (TPSA) is 118 Å². The highest BCUT2D eigenvalue weighted by molar-refractivity contribution is 8.02. The second kappa shape index (κ2) is 5.03. The van der Waals surface area contributed by atoms with Crippen LogP contribution in [0.2, 0.25) is 0 Å². The lowest BCUT2D eigenvalue weighted by Gasteiger charge is -1.88. The largest absolute Gasteiger partial charge is 0.477 e. The summed E-state index contributed by atoms with van der Waals surface area (Å²) in [4.78, 5) is 19.2. The molecule has 0 radical (unpaired) electrons. The number of carbonyl (C=O) groups is 1. The number of rotatable bonds is 4. The maximum absolute atomic E-state index is 10.8. The number of nitrogens with zero attached hydrogens (tertiary/aromatic N) is 5. The summed E-state index contributed by atoms with van der Waals surface area (Å²) in [5.74, 6) is -0.468. The van der Waals surface area contributed by atoms with Gasteiger partial charge in [-0.1, -0.05) is 0 Å². The molecule has 19 heavy (non-hydrogen) atoms. The van der Waals surface area contributed by atoms with E-state index in [9.17, 15) is 4.79 Å². The normalized spacial score (nSPS) is 10.7. The molecule has 11 heteroatoms. The number of hydrogen-bond donors (Lipinski definition) is 2. The van der Waals surface area contributed by atoms with Gasteiger partial charge in [0.1, 0.15) is 4.88 Å². The van der Waals surface area contributed by atoms with Crippen LogP contribution >= 0.6 is 34.4 Å². The summed E-state index contributed by atoms with van der Waals surface area (Å²) in [7, 11) is 0. The number of carboxylic acid groups (broad SMARTS) is 1. The Kier molecular flexibility index (Phi) is 3.23. The molecule has 3 aromatic rings. The third-order valence-corrected chi connectivity index (χ3v) is 5.08. The van der Waals surface area contributed by atoms with Crippen molar-refractivity contribution >= 4 is 40.4 Å². The molecule has 0 saturated heterocycles. The number of aromatic amines is 1. The van der Waals surface area contributed by atoms with Crippen LogP contribution in [0, 0.1) is 0 Å². The van der Waals surface area contributed by atoms with Gasteiger partial charge in [-0.15, -0.1) is 27.8 Å². The van der Waals surface area contributed by atoms with Crippen LogP contribution in [0.15, 0.2) is 20.9 Å². The highest BCUT2D eigenvalue weighted by Gasteiger charge is 2.13. The van der Waals surface area contributed by atoms with E-state index in [1.165, 1.54) is 29.3 Å². The minimum atomic E-state index is -0.970. The maximum Gasteiger partial charge on any atom is 0.347 e. The Labute approximate surface area is 117 Å². The first kappa shape index (κ1) is 12.2. The monoisotopic (exact) mass is 312 g/mol. The SMILES string of the molecule is O=C(O)c1cnc(Sc2cnc(-c3nnn[nH]3)s2)s1. The molecule has 0 amide bonds. The van der Waals surface area contributed by atoms with E-state index in [-0.39, 0.29) is 4.88 Å². The fourth-order valence-corrected chi connectivity index (χ4v) is 4.11. The number of tetrazole rings is 1. The first-order valence-electron chi connectivity index (χ1n) is 4.79. The number of aromatic carboxylic acids is 1. The fraction of sp³-hybridized carbons (Fsp3) is 0. The highest BCUT2D eigenvalue weighted by atomic mass is 32.2. The summed E-state index contributed by atoms with van der Waals surface area (Å²) >= 11 is 3.89. The predicted octanol–water partition coefficient (Wildman–Crippen LogP) is 1.63. The molecule has 0 unspecified atom stereocenters. The zero-order valence-corrected chi connectivity index (χ0v) is 11.4. The molecule has 3 rings (SSSR count). The van der Waals surface area contributed by atoms with Crippen LogP contribution < -0.4 is 0 Å². The van der Waals surface area contributed by atoms with E-state index in [0.717, 1.165) is 15.5 Å². The third-order valence-electron chi connectivity index (χ3n) is 1.92. The lowest BCUT2D eigenvalue weighted by atomic mass is 10.6. The molecule has 8 nitrogen and oxygen atoms in total. The molecule has 0 aliphatic heterocycles. The fourth-order valence-electron chi connectivity index (χ4n) is 1.16. The molecule has 0 aliphatic rings. The van der Waals surface area contributed by atoms with E-state index in [4.69, 9.17) is 5.11 Å². The summed E-state index contributed by atoms with van der Waals surface area (Å²) in [5, 5.41) is 22.8. The van der Waals surface area contributed by atoms with E-state index >= 15 is 0 Å². The van der Waals surface area contributed by atoms with Gasteiger partial charge in [0.05, 0.1) is 16.6 Å². The first-order chi connectivity index (χ1) is 9.22. The number of H-pyrrole nitrogens is 1. The molecule has 96 valence electrons. The standard InChI is InChI=1S/C8H4N6O2S3/c15-7(16)3-1-10-8(17-3)19-4-2-9-6(18-4)5-11-13-14-12-5/h1-2H,(H,15,16)(H,11,12,13,14). The van der Waals surface area contributed by atoms with Gasteiger partial charge < -0.3 is 5.11 Å². The van der Waals surface area contributed by atoms with Crippen LogP contribution in [0.25, 0.3) is 10.8 Å². The molecule has 0 bridgehead atoms. The quantitative estimate of drug-likeness (QED) is 0.746. The van der Waals surface area contributed by atoms with Gasteiger partial charge in [0.15, 0.2) is 9.35 Å². The van der Waals surface area contributed by atoms with Crippen molar-refractivity contribution in [3.05, 3.63) is 17.3 Å². The number of carboxylic acids is 1. The van der Waals surface area contributed by atoms with Crippen LogP contribution in [-0.2, 0) is 0 Å². The van der Waals surface area contributed by atoms with Crippen LogP contribution in [0.5, 0.6) is 0 Å². The second-order valence-corrected chi connectivity index (χ2v) is 6.74. The summed E-state index contributed by atoms with van der Waals surface area (Å²) in [6.07, 6.45) is 3.02. The van der Waals surface area contributed by atoms with Crippen LogP contribution in [0.4, 0.5) is 0 Å². The Morgan fingerprint density at radius 3 is 2.89 bits per heavy atom. The molecule has 0 spiro atoms. The van der Waals surface area contributed by atoms with Gasteiger partial charge in [0.25, 0.3) is 0 Å². The lowest BCUT2D eigenvalue weighted by Crippen LogP contribution is -1.89. The van der Waals surface area contributed by atoms with E-state index < -0.39 is 5.97 Å². The maximum atomic E-state index is 10.8. The molecule has 0 fully saturated rings. The molecule has 0 aromatic carbocycles. The third kappa shape index (κ3) is 2.62. The molecule has 2 N–H and O–H groups in total. The van der Waals surface area contributed by atoms with Crippen LogP contribution in [0.3, 0.4) is 0 Å². The van der Waals surface area contributed by atoms with Crippen molar-refractivity contribution in [2.75, 3.05) is 0 Å². The average Bonchev–Trinajstić information content (AvgIpc) is 3.09. The van der Waals surface area contributed by atoms with Gasteiger partial charge in [-0.25, -0.2) is 19.9 Å². The minimum absolute atomic E-state index is 0.215. The molecular weight excluding hydrogens is 308 g/mol. The van der Waals surface area contributed by atoms with Crippen molar-refractivity contribution < 1.29 is 9.90 Å². The number of hydrogen-bond acceptors (Lipinski definition) is 9. The first-order valence-corrected chi connectivity index (χ1v) is 7.24. The molecule has 0 atom stereocenters. The lowest BCUT2D eigenvalue weighted by molar-refractivity contribution is 0.0702. The summed E-state index contributed by atoms with van der Waals surface area (Å²) < 4.78 is 1.54. The van der Waals surface area contributed by atoms with Gasteiger partial charge in [0, 0.05) is 0 Å². The van der Waals surface area contributed by atoms with Crippen LogP contribution in [0.1, 0.15) is 9.67 Å². The Bertz CT molecular complexity index is 706. The van der Waals surface area contributed by atoms with Gasteiger partial charge in [0.2, 0.25) is 5.82 Å². The number of aromatic nitrogens is 6. The van der Waals surface area contributed by atoms with E-state index in [2.05, 4.69) is 30.6 Å². The van der Waals surface area contributed by atoms with E-state index in [1.54, 1.807) is 6.20 Å². The van der Waals surface area contributed by atoms with Gasteiger partial charge in [-0.2, -0.15) is 0 Å². The van der Waals surface area contributed by atoms with Crippen molar-refractivity contribution in [1.82, 2.24) is 30.6 Å². The second-order valence-electron chi connectivity index (χ2n) is 3.13. The molecule has 3 heterocycles. The summed E-state index contributed by atoms with van der Waals surface area (Å²) in [6, 6.07) is 0.